The van der Waals surface area contributed by atoms with E-state index in [9.17, 15) is 4.79 Å². The van der Waals surface area contributed by atoms with Gasteiger partial charge in [-0.05, 0) is 27.8 Å². The van der Waals surface area contributed by atoms with Crippen LogP contribution in [0.25, 0.3) is 0 Å². The Labute approximate surface area is 101 Å². The van der Waals surface area contributed by atoms with Crippen molar-refractivity contribution in [1.82, 2.24) is 4.90 Å². The smallest absolute Gasteiger partial charge is 0.240 e. The number of carbonyl (C=O) groups is 1. The summed E-state index contributed by atoms with van der Waals surface area (Å²) in [6, 6.07) is 1.58. The fourth-order valence-corrected chi connectivity index (χ4v) is 2.00. The van der Waals surface area contributed by atoms with E-state index in [0.29, 0.717) is 6.54 Å². The van der Waals surface area contributed by atoms with Crippen molar-refractivity contribution in [3.8, 4) is 0 Å². The van der Waals surface area contributed by atoms with E-state index in [1.54, 1.807) is 23.3 Å². The Kier molecular flexibility index (Phi) is 4.10. The molecule has 1 amide bonds. The zero-order valence-electron chi connectivity index (χ0n) is 10.4. The highest BCUT2D eigenvalue weighted by atomic mass is 32.1. The maximum atomic E-state index is 12.0. The van der Waals surface area contributed by atoms with Crippen LogP contribution >= 0.6 is 11.3 Å². The predicted molar refractivity (Wildman–Crippen MR) is 68.2 cm³/mol. The number of rotatable bonds is 3. The lowest BCUT2D eigenvalue weighted by Crippen LogP contribution is -2.48. The van der Waals surface area contributed by atoms with Crippen molar-refractivity contribution >= 4 is 17.2 Å². The largest absolute Gasteiger partial charge is 0.340 e. The first-order valence-electron chi connectivity index (χ1n) is 5.34. The first-order chi connectivity index (χ1) is 7.32. The maximum Gasteiger partial charge on any atom is 0.240 e. The van der Waals surface area contributed by atoms with Gasteiger partial charge in [0.2, 0.25) is 5.91 Å². The van der Waals surface area contributed by atoms with Gasteiger partial charge in [-0.2, -0.15) is 11.3 Å². The molecule has 0 spiro atoms. The molecule has 0 saturated carbocycles. The molecule has 0 aliphatic carbocycles. The summed E-state index contributed by atoms with van der Waals surface area (Å²) in [6.07, 6.45) is 0. The van der Waals surface area contributed by atoms with Crippen molar-refractivity contribution in [3.05, 3.63) is 22.4 Å². The van der Waals surface area contributed by atoms with Crippen molar-refractivity contribution in [2.24, 2.45) is 11.1 Å². The van der Waals surface area contributed by atoms with Gasteiger partial charge in [-0.15, -0.1) is 0 Å². The second-order valence-electron chi connectivity index (χ2n) is 5.17. The van der Waals surface area contributed by atoms with Crippen LogP contribution in [-0.4, -0.2) is 23.9 Å². The Morgan fingerprint density at radius 3 is 2.62 bits per heavy atom. The summed E-state index contributed by atoms with van der Waals surface area (Å²) in [7, 11) is 1.80. The third-order valence-corrected chi connectivity index (χ3v) is 3.31. The van der Waals surface area contributed by atoms with Gasteiger partial charge in [0, 0.05) is 13.6 Å². The second-order valence-corrected chi connectivity index (χ2v) is 5.95. The quantitative estimate of drug-likeness (QED) is 0.879. The molecular formula is C12H20N2OS. The molecule has 0 bridgehead atoms. The van der Waals surface area contributed by atoms with Gasteiger partial charge in [0.05, 0.1) is 6.04 Å². The first kappa shape index (κ1) is 13.2. The Bertz CT molecular complexity index is 340. The minimum absolute atomic E-state index is 0.00120. The van der Waals surface area contributed by atoms with E-state index >= 15 is 0 Å². The van der Waals surface area contributed by atoms with Gasteiger partial charge in [0.25, 0.3) is 0 Å². The lowest BCUT2D eigenvalue weighted by molar-refractivity contribution is -0.134. The molecule has 0 aromatic carbocycles. The molecule has 1 atom stereocenters. The average Bonchev–Trinajstić information content (AvgIpc) is 2.66. The van der Waals surface area contributed by atoms with Gasteiger partial charge in [0.1, 0.15) is 0 Å². The normalized spacial score (nSPS) is 13.6. The first-order valence-corrected chi connectivity index (χ1v) is 6.28. The number of hydrogen-bond donors (Lipinski definition) is 1. The Hall–Kier alpha value is -0.870. The van der Waals surface area contributed by atoms with Crippen LogP contribution in [0.1, 0.15) is 26.3 Å². The van der Waals surface area contributed by atoms with Crippen molar-refractivity contribution in [1.29, 1.82) is 0 Å². The molecule has 1 aromatic heterocycles. The van der Waals surface area contributed by atoms with Crippen molar-refractivity contribution in [2.75, 3.05) is 7.05 Å². The summed E-state index contributed by atoms with van der Waals surface area (Å²) in [5.74, 6) is -0.00120. The highest BCUT2D eigenvalue weighted by molar-refractivity contribution is 7.07. The Morgan fingerprint density at radius 2 is 2.19 bits per heavy atom. The van der Waals surface area contributed by atoms with Gasteiger partial charge in [-0.3, -0.25) is 4.79 Å². The van der Waals surface area contributed by atoms with Crippen LogP contribution < -0.4 is 5.73 Å². The molecule has 3 nitrogen and oxygen atoms in total. The van der Waals surface area contributed by atoms with E-state index in [2.05, 4.69) is 0 Å². The number of amides is 1. The van der Waals surface area contributed by atoms with Crippen LogP contribution in [0.5, 0.6) is 0 Å². The van der Waals surface area contributed by atoms with E-state index in [1.807, 2.05) is 37.6 Å². The van der Waals surface area contributed by atoms with Crippen LogP contribution in [0.4, 0.5) is 0 Å². The standard InChI is InChI=1S/C12H20N2OS/c1-12(2,3)10(13)11(15)14(4)7-9-5-6-16-8-9/h5-6,8,10H,7,13H2,1-4H3/t10-/m0/s1. The molecule has 0 aliphatic rings. The summed E-state index contributed by atoms with van der Waals surface area (Å²) < 4.78 is 0. The molecule has 1 rings (SSSR count). The molecule has 1 heterocycles. The third-order valence-electron chi connectivity index (χ3n) is 2.58. The number of nitrogens with zero attached hydrogens (tertiary/aromatic N) is 1. The van der Waals surface area contributed by atoms with Gasteiger partial charge in [0.15, 0.2) is 0 Å². The monoisotopic (exact) mass is 240 g/mol. The molecule has 2 N–H and O–H groups in total. The number of hydrogen-bond acceptors (Lipinski definition) is 3. The number of nitrogens with two attached hydrogens (primary N) is 1. The molecule has 0 unspecified atom stereocenters. The highest BCUT2D eigenvalue weighted by Crippen LogP contribution is 2.19. The van der Waals surface area contributed by atoms with Gasteiger partial charge in [-0.1, -0.05) is 20.8 Å². The van der Waals surface area contributed by atoms with Crippen molar-refractivity contribution in [2.45, 2.75) is 33.4 Å². The summed E-state index contributed by atoms with van der Waals surface area (Å²) in [6.45, 7) is 6.57. The van der Waals surface area contributed by atoms with E-state index < -0.39 is 6.04 Å². The number of likely N-dealkylation sites (N-methyl/N-ethyl adjacent to an activating group) is 1. The van der Waals surface area contributed by atoms with Crippen molar-refractivity contribution in [3.63, 3.8) is 0 Å². The third kappa shape index (κ3) is 3.32. The number of thiophene rings is 1. The molecule has 0 radical (unpaired) electrons. The van der Waals surface area contributed by atoms with Crippen LogP contribution in [-0.2, 0) is 11.3 Å². The molecule has 0 aliphatic heterocycles. The predicted octanol–water partition coefficient (Wildman–Crippen LogP) is 2.08. The van der Waals surface area contributed by atoms with E-state index in [4.69, 9.17) is 5.73 Å². The summed E-state index contributed by atoms with van der Waals surface area (Å²) in [5.41, 5.74) is 6.90. The fourth-order valence-electron chi connectivity index (χ4n) is 1.34. The molecule has 0 saturated heterocycles. The topological polar surface area (TPSA) is 46.3 Å². The van der Waals surface area contributed by atoms with Crippen molar-refractivity contribution < 1.29 is 4.79 Å². The SMILES string of the molecule is CN(Cc1ccsc1)C(=O)[C@H](N)C(C)(C)C. The van der Waals surface area contributed by atoms with Gasteiger partial charge >= 0.3 is 0 Å². The Balaban J connectivity index is 2.61. The lowest BCUT2D eigenvalue weighted by atomic mass is 9.86. The van der Waals surface area contributed by atoms with E-state index in [1.165, 1.54) is 0 Å². The van der Waals surface area contributed by atoms with Crippen LogP contribution in [0.3, 0.4) is 0 Å². The molecular weight excluding hydrogens is 220 g/mol. The molecule has 16 heavy (non-hydrogen) atoms. The second kappa shape index (κ2) is 4.97. The zero-order chi connectivity index (χ0) is 12.3. The zero-order valence-corrected chi connectivity index (χ0v) is 11.2. The van der Waals surface area contributed by atoms with Crippen LogP contribution in [0.2, 0.25) is 0 Å². The van der Waals surface area contributed by atoms with Gasteiger partial charge < -0.3 is 10.6 Å². The molecule has 4 heteroatoms. The fraction of sp³-hybridized carbons (Fsp3) is 0.583. The summed E-state index contributed by atoms with van der Waals surface area (Å²) in [4.78, 5) is 13.7. The highest BCUT2D eigenvalue weighted by Gasteiger charge is 2.29. The van der Waals surface area contributed by atoms with Crippen LogP contribution in [0.15, 0.2) is 16.8 Å². The molecule has 0 fully saturated rings. The molecule has 90 valence electrons. The summed E-state index contributed by atoms with van der Waals surface area (Å²) >= 11 is 1.64. The molecule has 1 aromatic rings. The van der Waals surface area contributed by atoms with Gasteiger partial charge in [-0.25, -0.2) is 0 Å². The average molecular weight is 240 g/mol. The van der Waals surface area contributed by atoms with Crippen LogP contribution in [0, 0.1) is 5.41 Å². The van der Waals surface area contributed by atoms with E-state index in [-0.39, 0.29) is 11.3 Å². The van der Waals surface area contributed by atoms with E-state index in [0.717, 1.165) is 5.56 Å². The number of carbonyl (C=O) groups excluding carboxylic acids is 1. The maximum absolute atomic E-state index is 12.0. The lowest BCUT2D eigenvalue weighted by Gasteiger charge is -2.29. The summed E-state index contributed by atoms with van der Waals surface area (Å²) in [5, 5.41) is 4.06. The minimum atomic E-state index is -0.448. The minimum Gasteiger partial charge on any atom is -0.340 e. The Morgan fingerprint density at radius 1 is 1.56 bits per heavy atom.